The van der Waals surface area contributed by atoms with Crippen molar-refractivity contribution in [1.82, 2.24) is 10.3 Å². The van der Waals surface area contributed by atoms with Crippen LogP contribution in [0.1, 0.15) is 18.1 Å². The highest BCUT2D eigenvalue weighted by atomic mass is 16.5. The van der Waals surface area contributed by atoms with Gasteiger partial charge in [0.1, 0.15) is 5.75 Å². The molecule has 0 unspecified atom stereocenters. The number of nitrogens with one attached hydrogen (secondary N) is 2. The van der Waals surface area contributed by atoms with E-state index in [-0.39, 0.29) is 5.91 Å². The Morgan fingerprint density at radius 1 is 1.24 bits per heavy atom. The van der Waals surface area contributed by atoms with Crippen LogP contribution in [0.25, 0.3) is 10.9 Å². The van der Waals surface area contributed by atoms with Gasteiger partial charge in [0.15, 0.2) is 6.10 Å². The third kappa shape index (κ3) is 3.99. The molecule has 0 aliphatic rings. The molecule has 3 aromatic rings. The van der Waals surface area contributed by atoms with Crippen LogP contribution in [0, 0.1) is 11.3 Å². The predicted molar refractivity (Wildman–Crippen MR) is 96.3 cm³/mol. The van der Waals surface area contributed by atoms with Gasteiger partial charge in [0.2, 0.25) is 0 Å². The van der Waals surface area contributed by atoms with Gasteiger partial charge in [0.05, 0.1) is 11.6 Å². The summed E-state index contributed by atoms with van der Waals surface area (Å²) in [5.41, 5.74) is 2.83. The molecule has 1 aromatic heterocycles. The van der Waals surface area contributed by atoms with Crippen molar-refractivity contribution in [2.45, 2.75) is 19.4 Å². The number of aromatic nitrogens is 1. The molecule has 0 radical (unpaired) electrons. The third-order valence-corrected chi connectivity index (χ3v) is 4.03. The molecule has 0 bridgehead atoms. The number of hydrogen-bond acceptors (Lipinski definition) is 3. The van der Waals surface area contributed by atoms with Crippen molar-refractivity contribution in [2.24, 2.45) is 0 Å². The van der Waals surface area contributed by atoms with Crippen LogP contribution in [0.2, 0.25) is 0 Å². The molecule has 3 rings (SSSR count). The average Bonchev–Trinajstić information content (AvgIpc) is 3.05. The molecule has 0 saturated carbocycles. The van der Waals surface area contributed by atoms with Gasteiger partial charge < -0.3 is 15.0 Å². The molecule has 25 heavy (non-hydrogen) atoms. The molecular formula is C20H19N3O2. The quantitative estimate of drug-likeness (QED) is 0.727. The molecule has 0 fully saturated rings. The van der Waals surface area contributed by atoms with E-state index in [4.69, 9.17) is 10.00 Å². The van der Waals surface area contributed by atoms with E-state index < -0.39 is 6.10 Å². The summed E-state index contributed by atoms with van der Waals surface area (Å²) in [5, 5.41) is 12.9. The lowest BCUT2D eigenvalue weighted by Gasteiger charge is -2.14. The summed E-state index contributed by atoms with van der Waals surface area (Å²) in [4.78, 5) is 15.4. The number of ether oxygens (including phenoxy) is 1. The van der Waals surface area contributed by atoms with Crippen molar-refractivity contribution < 1.29 is 9.53 Å². The Kier molecular flexibility index (Phi) is 5.00. The van der Waals surface area contributed by atoms with Crippen LogP contribution >= 0.6 is 0 Å². The van der Waals surface area contributed by atoms with Gasteiger partial charge in [-0.3, -0.25) is 4.79 Å². The summed E-state index contributed by atoms with van der Waals surface area (Å²) in [5.74, 6) is 0.405. The zero-order valence-corrected chi connectivity index (χ0v) is 14.0. The maximum Gasteiger partial charge on any atom is 0.260 e. The largest absolute Gasteiger partial charge is 0.481 e. The van der Waals surface area contributed by atoms with Crippen molar-refractivity contribution in [3.05, 3.63) is 65.9 Å². The second-order valence-electron chi connectivity index (χ2n) is 5.80. The Morgan fingerprint density at radius 2 is 2.00 bits per heavy atom. The van der Waals surface area contributed by atoms with E-state index in [2.05, 4.69) is 16.4 Å². The molecule has 5 heteroatoms. The summed E-state index contributed by atoms with van der Waals surface area (Å²) in [6.07, 6.45) is 2.13. The van der Waals surface area contributed by atoms with Gasteiger partial charge in [-0.25, -0.2) is 0 Å². The summed E-state index contributed by atoms with van der Waals surface area (Å²) >= 11 is 0. The Bertz CT molecular complexity index is 907. The number of nitriles is 1. The first-order valence-electron chi connectivity index (χ1n) is 8.17. The van der Waals surface area contributed by atoms with Gasteiger partial charge in [-0.15, -0.1) is 0 Å². The van der Waals surface area contributed by atoms with Gasteiger partial charge in [0, 0.05) is 23.6 Å². The van der Waals surface area contributed by atoms with Gasteiger partial charge >= 0.3 is 0 Å². The van der Waals surface area contributed by atoms with Crippen LogP contribution in [0.5, 0.6) is 5.75 Å². The van der Waals surface area contributed by atoms with Crippen LogP contribution in [0.15, 0.2) is 54.7 Å². The molecule has 0 saturated heterocycles. The molecule has 1 heterocycles. The molecule has 2 N–H and O–H groups in total. The lowest BCUT2D eigenvalue weighted by molar-refractivity contribution is -0.127. The molecule has 0 aliphatic carbocycles. The Balaban J connectivity index is 1.50. The van der Waals surface area contributed by atoms with Crippen molar-refractivity contribution in [3.63, 3.8) is 0 Å². The first-order valence-corrected chi connectivity index (χ1v) is 8.17. The highest BCUT2D eigenvalue weighted by Gasteiger charge is 2.14. The number of H-pyrrole nitrogens is 1. The Labute approximate surface area is 146 Å². The summed E-state index contributed by atoms with van der Waals surface area (Å²) in [6.45, 7) is 2.25. The molecule has 126 valence electrons. The summed E-state index contributed by atoms with van der Waals surface area (Å²) in [7, 11) is 0. The average molecular weight is 333 g/mol. The molecule has 0 spiro atoms. The Morgan fingerprint density at radius 3 is 2.76 bits per heavy atom. The monoisotopic (exact) mass is 333 g/mol. The number of para-hydroxylation sites is 1. The van der Waals surface area contributed by atoms with E-state index in [9.17, 15) is 4.79 Å². The summed E-state index contributed by atoms with van der Waals surface area (Å²) in [6, 6.07) is 16.9. The number of carbonyl (C=O) groups excluding carboxylic acids is 1. The normalized spacial score (nSPS) is 11.7. The fourth-order valence-electron chi connectivity index (χ4n) is 2.67. The topological polar surface area (TPSA) is 77.9 Å². The zero-order valence-electron chi connectivity index (χ0n) is 14.0. The van der Waals surface area contributed by atoms with Gasteiger partial charge in [-0.1, -0.05) is 18.2 Å². The smallest absolute Gasteiger partial charge is 0.260 e. The first kappa shape index (κ1) is 16.6. The number of rotatable bonds is 6. The maximum atomic E-state index is 12.2. The predicted octanol–water partition coefficient (Wildman–Crippen LogP) is 3.17. The highest BCUT2D eigenvalue weighted by Crippen LogP contribution is 2.18. The van der Waals surface area contributed by atoms with Gasteiger partial charge in [-0.05, 0) is 49.2 Å². The number of aromatic amines is 1. The van der Waals surface area contributed by atoms with Crippen molar-refractivity contribution >= 4 is 16.8 Å². The first-order chi connectivity index (χ1) is 12.2. The number of carbonyl (C=O) groups is 1. The van der Waals surface area contributed by atoms with E-state index in [0.717, 1.165) is 11.9 Å². The molecular weight excluding hydrogens is 314 g/mol. The number of nitrogens with zero attached hydrogens (tertiary/aromatic N) is 1. The van der Waals surface area contributed by atoms with E-state index in [1.807, 2.05) is 30.5 Å². The minimum Gasteiger partial charge on any atom is -0.481 e. The number of hydrogen-bond donors (Lipinski definition) is 2. The SMILES string of the molecule is C[C@H](Oc1ccc(C#N)cc1)C(=O)NCCc1c[nH]c2ccccc12. The van der Waals surface area contributed by atoms with Crippen LogP contribution in [-0.2, 0) is 11.2 Å². The lowest BCUT2D eigenvalue weighted by atomic mass is 10.1. The molecule has 2 aromatic carbocycles. The Hall–Kier alpha value is -3.26. The number of fused-ring (bicyclic) bond motifs is 1. The van der Waals surface area contributed by atoms with Crippen LogP contribution < -0.4 is 10.1 Å². The number of benzene rings is 2. The second-order valence-corrected chi connectivity index (χ2v) is 5.80. The van der Waals surface area contributed by atoms with Crippen LogP contribution in [0.4, 0.5) is 0 Å². The van der Waals surface area contributed by atoms with Crippen molar-refractivity contribution in [3.8, 4) is 11.8 Å². The van der Waals surface area contributed by atoms with Crippen LogP contribution in [-0.4, -0.2) is 23.5 Å². The maximum absolute atomic E-state index is 12.2. The molecule has 0 aliphatic heterocycles. The fourth-order valence-corrected chi connectivity index (χ4v) is 2.67. The summed E-state index contributed by atoms with van der Waals surface area (Å²) < 4.78 is 5.61. The van der Waals surface area contributed by atoms with Gasteiger partial charge in [-0.2, -0.15) is 5.26 Å². The zero-order chi connectivity index (χ0) is 17.6. The van der Waals surface area contributed by atoms with E-state index in [1.165, 1.54) is 10.9 Å². The van der Waals surface area contributed by atoms with Crippen molar-refractivity contribution in [2.75, 3.05) is 6.54 Å². The minimum absolute atomic E-state index is 0.163. The van der Waals surface area contributed by atoms with Crippen molar-refractivity contribution in [1.29, 1.82) is 5.26 Å². The van der Waals surface area contributed by atoms with E-state index >= 15 is 0 Å². The molecule has 5 nitrogen and oxygen atoms in total. The minimum atomic E-state index is -0.601. The van der Waals surface area contributed by atoms with E-state index in [1.54, 1.807) is 31.2 Å². The molecule has 1 amide bonds. The standard InChI is InChI=1S/C20H19N3O2/c1-14(25-17-8-6-15(12-21)7-9-17)20(24)22-11-10-16-13-23-19-5-3-2-4-18(16)19/h2-9,13-14,23H,10-11H2,1H3,(H,22,24)/t14-/m0/s1. The van der Waals surface area contributed by atoms with E-state index in [0.29, 0.717) is 17.9 Å². The lowest BCUT2D eigenvalue weighted by Crippen LogP contribution is -2.37. The van der Waals surface area contributed by atoms with Gasteiger partial charge in [0.25, 0.3) is 5.91 Å². The highest BCUT2D eigenvalue weighted by molar-refractivity contribution is 5.83. The fraction of sp³-hybridized carbons (Fsp3) is 0.200. The third-order valence-electron chi connectivity index (χ3n) is 4.03. The molecule has 1 atom stereocenters. The second kappa shape index (κ2) is 7.54. The number of amides is 1. The van der Waals surface area contributed by atoms with Crippen LogP contribution in [0.3, 0.4) is 0 Å².